The Morgan fingerprint density at radius 1 is 1.31 bits per heavy atom. The first-order valence-corrected chi connectivity index (χ1v) is 7.63. The predicted molar refractivity (Wildman–Crippen MR) is 64.2 cm³/mol. The quantitative estimate of drug-likeness (QED) is 0.770. The summed E-state index contributed by atoms with van der Waals surface area (Å²) in [7, 11) is -3.08. The molecule has 1 aliphatic rings. The van der Waals surface area contributed by atoms with Crippen molar-refractivity contribution in [3.8, 4) is 0 Å². The molecule has 0 saturated carbocycles. The molecule has 1 heterocycles. The summed E-state index contributed by atoms with van der Waals surface area (Å²) in [5.41, 5.74) is 0. The number of halogens is 1. The second kappa shape index (κ2) is 4.92. The monoisotopic (exact) mass is 267 g/mol. The summed E-state index contributed by atoms with van der Waals surface area (Å²) >= 11 is 5.90. The molecule has 0 radical (unpaired) electrons. The molecule has 0 aliphatic carbocycles. The normalized spacial score (nSPS) is 30.3. The van der Waals surface area contributed by atoms with Crippen LogP contribution in [0.4, 0.5) is 0 Å². The molecule has 1 aliphatic heterocycles. The molecule has 3 atom stereocenters. The topological polar surface area (TPSA) is 63.2 Å². The molecule has 4 nitrogen and oxygen atoms in total. The van der Waals surface area contributed by atoms with Crippen LogP contribution in [0.15, 0.2) is 0 Å². The molecule has 0 bridgehead atoms. The van der Waals surface area contributed by atoms with E-state index in [-0.39, 0.29) is 29.2 Å². The van der Waals surface area contributed by atoms with Gasteiger partial charge in [0.1, 0.15) is 0 Å². The van der Waals surface area contributed by atoms with Gasteiger partial charge in [-0.15, -0.1) is 11.6 Å². The molecule has 6 heteroatoms. The Hall–Kier alpha value is -0.290. The highest BCUT2D eigenvalue weighted by Gasteiger charge is 2.37. The largest absolute Gasteiger partial charge is 0.351 e. The second-order valence-electron chi connectivity index (χ2n) is 4.74. The van der Waals surface area contributed by atoms with Crippen LogP contribution in [0.3, 0.4) is 0 Å². The molecule has 0 aromatic heterocycles. The van der Waals surface area contributed by atoms with Crippen molar-refractivity contribution in [3.63, 3.8) is 0 Å². The summed E-state index contributed by atoms with van der Waals surface area (Å²) in [5.74, 6) is -0.116. The maximum Gasteiger partial charge on any atom is 0.223 e. The van der Waals surface area contributed by atoms with E-state index in [9.17, 15) is 13.2 Å². The molecule has 16 heavy (non-hydrogen) atoms. The summed E-state index contributed by atoms with van der Waals surface area (Å²) in [6, 6.07) is -0.444. The van der Waals surface area contributed by atoms with Crippen molar-refractivity contribution in [2.75, 3.05) is 11.5 Å². The number of alkyl halides is 1. The van der Waals surface area contributed by atoms with E-state index in [1.807, 2.05) is 20.8 Å². The van der Waals surface area contributed by atoms with Crippen molar-refractivity contribution in [2.45, 2.75) is 32.2 Å². The van der Waals surface area contributed by atoms with Crippen LogP contribution in [-0.2, 0) is 14.6 Å². The van der Waals surface area contributed by atoms with E-state index in [0.717, 1.165) is 0 Å². The number of nitrogens with one attached hydrogen (secondary N) is 1. The van der Waals surface area contributed by atoms with Gasteiger partial charge in [0.2, 0.25) is 5.91 Å². The van der Waals surface area contributed by atoms with E-state index in [2.05, 4.69) is 5.32 Å². The van der Waals surface area contributed by atoms with Gasteiger partial charge in [-0.2, -0.15) is 0 Å². The number of rotatable bonds is 3. The van der Waals surface area contributed by atoms with Crippen LogP contribution in [0, 0.1) is 11.8 Å². The lowest BCUT2D eigenvalue weighted by atomic mass is 9.97. The SMILES string of the molecule is CC(C)C(C)C(=O)NC1CS(=O)(=O)CC1Cl. The Labute approximate surface area is 102 Å². The highest BCUT2D eigenvalue weighted by molar-refractivity contribution is 7.91. The smallest absolute Gasteiger partial charge is 0.223 e. The van der Waals surface area contributed by atoms with Gasteiger partial charge in [0.05, 0.1) is 22.9 Å². The summed E-state index contributed by atoms with van der Waals surface area (Å²) in [5, 5.41) is 2.21. The van der Waals surface area contributed by atoms with Crippen molar-refractivity contribution < 1.29 is 13.2 Å². The third kappa shape index (κ3) is 3.35. The van der Waals surface area contributed by atoms with Gasteiger partial charge < -0.3 is 5.32 Å². The lowest BCUT2D eigenvalue weighted by molar-refractivity contribution is -0.126. The Morgan fingerprint density at radius 3 is 2.25 bits per heavy atom. The zero-order chi connectivity index (χ0) is 12.5. The lowest BCUT2D eigenvalue weighted by Gasteiger charge is -2.20. The minimum absolute atomic E-state index is 0.0439. The number of carbonyl (C=O) groups is 1. The third-order valence-electron chi connectivity index (χ3n) is 3.02. The van der Waals surface area contributed by atoms with Crippen LogP contribution in [-0.4, -0.2) is 37.2 Å². The van der Waals surface area contributed by atoms with Crippen molar-refractivity contribution in [1.82, 2.24) is 5.32 Å². The van der Waals surface area contributed by atoms with E-state index in [1.54, 1.807) is 0 Å². The van der Waals surface area contributed by atoms with E-state index >= 15 is 0 Å². The van der Waals surface area contributed by atoms with Crippen molar-refractivity contribution in [2.24, 2.45) is 11.8 Å². The van der Waals surface area contributed by atoms with Gasteiger partial charge in [0.25, 0.3) is 0 Å². The Balaban J connectivity index is 2.59. The van der Waals surface area contributed by atoms with Crippen LogP contribution < -0.4 is 5.32 Å². The fraction of sp³-hybridized carbons (Fsp3) is 0.900. The maximum atomic E-state index is 11.7. The molecule has 0 spiro atoms. The van der Waals surface area contributed by atoms with Gasteiger partial charge in [0.15, 0.2) is 9.84 Å². The van der Waals surface area contributed by atoms with Gasteiger partial charge in [-0.25, -0.2) is 8.42 Å². The first-order chi connectivity index (χ1) is 7.23. The van der Waals surface area contributed by atoms with E-state index in [1.165, 1.54) is 0 Å². The molecule has 1 N–H and O–H groups in total. The molecular weight excluding hydrogens is 250 g/mol. The third-order valence-corrected chi connectivity index (χ3v) is 5.40. The average molecular weight is 268 g/mol. The van der Waals surface area contributed by atoms with Crippen molar-refractivity contribution >= 4 is 27.3 Å². The summed E-state index contributed by atoms with van der Waals surface area (Å²) in [4.78, 5) is 11.7. The standard InChI is InChI=1S/C10H18ClNO3S/c1-6(2)7(3)10(13)12-9-5-16(14,15)4-8(9)11/h6-9H,4-5H2,1-3H3,(H,12,13). The number of hydrogen-bond donors (Lipinski definition) is 1. The summed E-state index contributed by atoms with van der Waals surface area (Å²) in [6.45, 7) is 5.73. The fourth-order valence-electron chi connectivity index (χ4n) is 1.55. The molecule has 1 fully saturated rings. The van der Waals surface area contributed by atoms with Gasteiger partial charge in [-0.1, -0.05) is 20.8 Å². The van der Waals surface area contributed by atoms with Crippen LogP contribution in [0.1, 0.15) is 20.8 Å². The zero-order valence-electron chi connectivity index (χ0n) is 9.73. The van der Waals surface area contributed by atoms with E-state index in [4.69, 9.17) is 11.6 Å². The van der Waals surface area contributed by atoms with Gasteiger partial charge >= 0.3 is 0 Å². The van der Waals surface area contributed by atoms with Crippen LogP contribution >= 0.6 is 11.6 Å². The van der Waals surface area contributed by atoms with Crippen molar-refractivity contribution in [3.05, 3.63) is 0 Å². The second-order valence-corrected chi connectivity index (χ2v) is 7.46. The molecule has 1 amide bonds. The molecule has 3 unspecified atom stereocenters. The Morgan fingerprint density at radius 2 is 1.88 bits per heavy atom. The summed E-state index contributed by atoms with van der Waals surface area (Å²) < 4.78 is 22.6. The number of hydrogen-bond acceptors (Lipinski definition) is 3. The molecule has 1 saturated heterocycles. The zero-order valence-corrected chi connectivity index (χ0v) is 11.3. The molecule has 94 valence electrons. The minimum Gasteiger partial charge on any atom is -0.351 e. The maximum absolute atomic E-state index is 11.7. The first kappa shape index (κ1) is 13.8. The van der Waals surface area contributed by atoms with Crippen LogP contribution in [0.5, 0.6) is 0 Å². The summed E-state index contributed by atoms with van der Waals surface area (Å²) in [6.07, 6.45) is 0. The van der Waals surface area contributed by atoms with Crippen LogP contribution in [0.2, 0.25) is 0 Å². The minimum atomic E-state index is -3.08. The van der Waals surface area contributed by atoms with Gasteiger partial charge in [0, 0.05) is 5.92 Å². The Kier molecular flexibility index (Phi) is 4.23. The van der Waals surface area contributed by atoms with Crippen LogP contribution in [0.25, 0.3) is 0 Å². The number of sulfone groups is 1. The molecule has 0 aromatic rings. The molecule has 1 rings (SSSR count). The predicted octanol–water partition coefficient (Wildman–Crippen LogP) is 0.799. The van der Waals surface area contributed by atoms with Gasteiger partial charge in [-0.3, -0.25) is 4.79 Å². The Bertz CT molecular complexity index is 366. The van der Waals surface area contributed by atoms with Gasteiger partial charge in [-0.05, 0) is 5.92 Å². The first-order valence-electron chi connectivity index (χ1n) is 5.38. The van der Waals surface area contributed by atoms with Crippen molar-refractivity contribution in [1.29, 1.82) is 0 Å². The number of carbonyl (C=O) groups excluding carboxylic acids is 1. The molecule has 0 aromatic carbocycles. The fourth-order valence-corrected chi connectivity index (χ4v) is 4.10. The average Bonchev–Trinajstić information content (AvgIpc) is 2.38. The highest BCUT2D eigenvalue weighted by Crippen LogP contribution is 2.19. The highest BCUT2D eigenvalue weighted by atomic mass is 35.5. The lowest BCUT2D eigenvalue weighted by Crippen LogP contribution is -2.44. The van der Waals surface area contributed by atoms with E-state index < -0.39 is 21.3 Å². The number of amides is 1. The molecular formula is C10H18ClNO3S. The van der Waals surface area contributed by atoms with E-state index in [0.29, 0.717) is 0 Å².